The fraction of sp³-hybridized carbons (Fsp3) is 0.338. The van der Waals surface area contributed by atoms with Gasteiger partial charge in [-0.2, -0.15) is 0 Å². The number of hydrogen-bond donors (Lipinski definition) is 2. The summed E-state index contributed by atoms with van der Waals surface area (Å²) in [6, 6.07) is 43.1. The predicted molar refractivity (Wildman–Crippen MR) is 295 cm³/mol. The molecule has 2 N–H and O–H groups in total. The van der Waals surface area contributed by atoms with E-state index in [4.69, 9.17) is 0 Å². The van der Waals surface area contributed by atoms with Crippen LogP contribution in [0.1, 0.15) is 170 Å². The molecule has 3 nitrogen and oxygen atoms in total. The molecule has 0 saturated carbocycles. The molecular formula is C65H73O3P. The molecule has 8 rings (SSSR count). The van der Waals surface area contributed by atoms with Crippen molar-refractivity contribution in [2.24, 2.45) is 0 Å². The second-order valence-corrected chi connectivity index (χ2v) is 23.9. The molecule has 0 aromatic heterocycles. The summed E-state index contributed by atoms with van der Waals surface area (Å²) in [5, 5.41) is 23.8. The summed E-state index contributed by atoms with van der Waals surface area (Å²) < 4.78 is 0. The molecule has 1 fully saturated rings. The van der Waals surface area contributed by atoms with Crippen LogP contribution in [-0.2, 0) is 4.79 Å². The first kappa shape index (κ1) is 49.7. The highest BCUT2D eigenvalue weighted by atomic mass is 31.1. The number of ketones is 1. The van der Waals surface area contributed by atoms with Gasteiger partial charge in [-0.15, -0.1) is 0 Å². The number of aryl methyl sites for hydroxylation is 6. The summed E-state index contributed by atoms with van der Waals surface area (Å²) in [6.07, 6.45) is 0.826. The Balaban J connectivity index is 1.59. The standard InChI is InChI=1S/C65H73O3P/c1-36(2)55-30-46(51-22-17-15-20-40(51)9)31-56(37(3)4)61(55)53-24-19-25-54(62-57(38(5)6)32-47(33-58(62)39(7)8)52-23-18-16-21-41(52)10)65(53)69-59(48-26-42(11)63(67)43(12)27-48)34-50(66)35-60(69)49-28-44(13)64(68)45(14)29-49/h15-33,36-39,59-60,67-68H,34-35H2,1-14H3. The minimum absolute atomic E-state index is 0.147. The Kier molecular flexibility index (Phi) is 14.3. The molecule has 1 aliphatic rings. The van der Waals surface area contributed by atoms with Crippen molar-refractivity contribution in [3.63, 3.8) is 0 Å². The SMILES string of the molecule is Cc1ccccc1-c1cc(C(C)C)c(-c2cccc(-c3c(C(C)C)cc(-c4ccccc4C)cc3C(C)C)c2P2C(c3cc(C)c(O)c(C)c3)CC(=O)CC2c2cc(C)c(O)c(C)c2)c(C(C)C)c1. The smallest absolute Gasteiger partial charge is 0.134 e. The number of phenols is 2. The van der Waals surface area contributed by atoms with Gasteiger partial charge in [0, 0.05) is 24.2 Å². The highest BCUT2D eigenvalue weighted by Gasteiger charge is 2.43. The Labute approximate surface area is 414 Å². The number of phenolic OH excluding ortho intramolecular Hbond substituents is 2. The van der Waals surface area contributed by atoms with E-state index in [0.29, 0.717) is 24.3 Å². The summed E-state index contributed by atoms with van der Waals surface area (Å²) in [4.78, 5) is 14.7. The maximum Gasteiger partial charge on any atom is 0.134 e. The molecule has 0 radical (unpaired) electrons. The van der Waals surface area contributed by atoms with Crippen LogP contribution in [-0.4, -0.2) is 16.0 Å². The third kappa shape index (κ3) is 9.49. The summed E-state index contributed by atoms with van der Waals surface area (Å²) in [6.45, 7) is 31.1. The van der Waals surface area contributed by atoms with Crippen molar-refractivity contribution in [3.05, 3.63) is 182 Å². The maximum absolute atomic E-state index is 14.7. The van der Waals surface area contributed by atoms with E-state index in [1.807, 2.05) is 27.7 Å². The van der Waals surface area contributed by atoms with Gasteiger partial charge < -0.3 is 10.2 Å². The normalized spacial score (nSPS) is 16.4. The van der Waals surface area contributed by atoms with Crippen molar-refractivity contribution in [2.45, 2.75) is 145 Å². The topological polar surface area (TPSA) is 57.5 Å². The van der Waals surface area contributed by atoms with E-state index in [0.717, 1.165) is 33.4 Å². The minimum Gasteiger partial charge on any atom is -0.507 e. The Morgan fingerprint density at radius 1 is 0.420 bits per heavy atom. The molecule has 0 bridgehead atoms. The molecule has 356 valence electrons. The highest BCUT2D eigenvalue weighted by molar-refractivity contribution is 7.67. The largest absolute Gasteiger partial charge is 0.507 e. The van der Waals surface area contributed by atoms with E-state index in [1.54, 1.807) is 0 Å². The quantitative estimate of drug-likeness (QED) is 0.127. The molecule has 7 aromatic rings. The fourth-order valence-electron chi connectivity index (χ4n) is 11.3. The summed E-state index contributed by atoms with van der Waals surface area (Å²) in [7, 11) is -1.25. The van der Waals surface area contributed by atoms with E-state index >= 15 is 0 Å². The van der Waals surface area contributed by atoms with Crippen LogP contribution in [0.5, 0.6) is 11.5 Å². The number of carbonyl (C=O) groups excluding carboxylic acids is 1. The Hall–Kier alpha value is -5.76. The average Bonchev–Trinajstić information content (AvgIpc) is 3.31. The van der Waals surface area contributed by atoms with Crippen LogP contribution in [0, 0.1) is 41.5 Å². The molecule has 0 spiro atoms. The molecule has 4 heteroatoms. The molecular weight excluding hydrogens is 860 g/mol. The van der Waals surface area contributed by atoms with Crippen LogP contribution in [0.15, 0.2) is 115 Å². The first-order chi connectivity index (χ1) is 32.8. The zero-order chi connectivity index (χ0) is 49.7. The zero-order valence-electron chi connectivity index (χ0n) is 43.6. The zero-order valence-corrected chi connectivity index (χ0v) is 44.5. The molecule has 7 aromatic carbocycles. The van der Waals surface area contributed by atoms with Crippen molar-refractivity contribution in [3.8, 4) is 56.0 Å². The lowest BCUT2D eigenvalue weighted by Crippen LogP contribution is -2.27. The van der Waals surface area contributed by atoms with Gasteiger partial charge in [0.25, 0.3) is 0 Å². The fourth-order valence-corrected chi connectivity index (χ4v) is 15.0. The maximum atomic E-state index is 14.7. The molecule has 69 heavy (non-hydrogen) atoms. The van der Waals surface area contributed by atoms with Crippen LogP contribution >= 0.6 is 7.92 Å². The Morgan fingerprint density at radius 2 is 0.725 bits per heavy atom. The van der Waals surface area contributed by atoms with Crippen LogP contribution in [0.4, 0.5) is 0 Å². The third-order valence-corrected chi connectivity index (χ3v) is 18.2. The van der Waals surface area contributed by atoms with Crippen molar-refractivity contribution in [1.29, 1.82) is 0 Å². The average molecular weight is 933 g/mol. The van der Waals surface area contributed by atoms with Crippen LogP contribution in [0.2, 0.25) is 0 Å². The van der Waals surface area contributed by atoms with Crippen LogP contribution in [0.25, 0.3) is 44.5 Å². The number of hydrogen-bond acceptors (Lipinski definition) is 3. The van der Waals surface area contributed by atoms with Crippen molar-refractivity contribution < 1.29 is 15.0 Å². The highest BCUT2D eigenvalue weighted by Crippen LogP contribution is 2.69. The van der Waals surface area contributed by atoms with Gasteiger partial charge in [-0.05, 0) is 182 Å². The second-order valence-electron chi connectivity index (χ2n) is 21.4. The lowest BCUT2D eigenvalue weighted by molar-refractivity contribution is -0.119. The molecule has 2 unspecified atom stereocenters. The lowest BCUT2D eigenvalue weighted by Gasteiger charge is -2.42. The first-order valence-corrected chi connectivity index (χ1v) is 26.8. The number of benzene rings is 7. The second kappa shape index (κ2) is 19.9. The van der Waals surface area contributed by atoms with E-state index < -0.39 is 7.92 Å². The number of rotatable bonds is 11. The van der Waals surface area contributed by atoms with Crippen molar-refractivity contribution in [2.75, 3.05) is 0 Å². The van der Waals surface area contributed by atoms with Gasteiger partial charge in [-0.3, -0.25) is 4.79 Å². The summed E-state index contributed by atoms with van der Waals surface area (Å²) >= 11 is 0. The molecule has 0 amide bonds. The first-order valence-electron chi connectivity index (χ1n) is 25.3. The molecule has 1 aliphatic heterocycles. The van der Waals surface area contributed by atoms with Crippen LogP contribution < -0.4 is 5.30 Å². The van der Waals surface area contributed by atoms with Gasteiger partial charge in [0.15, 0.2) is 0 Å². The van der Waals surface area contributed by atoms with Gasteiger partial charge in [-0.1, -0.05) is 179 Å². The monoisotopic (exact) mass is 933 g/mol. The number of carbonyl (C=O) groups is 1. The summed E-state index contributed by atoms with van der Waals surface area (Å²) in [5.41, 5.74) is 23.1. The molecule has 2 atom stereocenters. The van der Waals surface area contributed by atoms with Crippen molar-refractivity contribution >= 4 is 19.0 Å². The Bertz CT molecular complexity index is 2790. The van der Waals surface area contributed by atoms with E-state index in [1.165, 1.54) is 83.2 Å². The number of aromatic hydroxyl groups is 2. The predicted octanol–water partition coefficient (Wildman–Crippen LogP) is 18.1. The summed E-state index contributed by atoms with van der Waals surface area (Å²) in [5.74, 6) is 1.70. The minimum atomic E-state index is -1.25. The van der Waals surface area contributed by atoms with Gasteiger partial charge in [0.2, 0.25) is 0 Å². The van der Waals surface area contributed by atoms with Gasteiger partial charge >= 0.3 is 0 Å². The Morgan fingerprint density at radius 3 is 1.03 bits per heavy atom. The van der Waals surface area contributed by atoms with Gasteiger partial charge in [0.05, 0.1) is 0 Å². The van der Waals surface area contributed by atoms with Crippen LogP contribution in [0.3, 0.4) is 0 Å². The molecule has 0 aliphatic carbocycles. The number of Topliss-reactive ketones (excluding diaryl/α,β-unsaturated/α-hetero) is 1. The third-order valence-electron chi connectivity index (χ3n) is 14.9. The van der Waals surface area contributed by atoms with E-state index in [-0.39, 0.29) is 40.8 Å². The van der Waals surface area contributed by atoms with E-state index in [2.05, 4.69) is 184 Å². The van der Waals surface area contributed by atoms with Gasteiger partial charge in [-0.25, -0.2) is 0 Å². The molecule has 1 heterocycles. The lowest BCUT2D eigenvalue weighted by atomic mass is 9.79. The van der Waals surface area contributed by atoms with Gasteiger partial charge in [0.1, 0.15) is 17.3 Å². The van der Waals surface area contributed by atoms with E-state index in [9.17, 15) is 15.0 Å². The van der Waals surface area contributed by atoms with Crippen molar-refractivity contribution in [1.82, 2.24) is 0 Å². The molecule has 1 saturated heterocycles.